The van der Waals surface area contributed by atoms with Gasteiger partial charge in [0.05, 0.1) is 6.04 Å². The van der Waals surface area contributed by atoms with Crippen molar-refractivity contribution in [1.29, 1.82) is 0 Å². The summed E-state index contributed by atoms with van der Waals surface area (Å²) in [5, 5.41) is 4.00. The molecule has 0 aliphatic carbocycles. The fourth-order valence-electron chi connectivity index (χ4n) is 2.32. The lowest BCUT2D eigenvalue weighted by Crippen LogP contribution is -2.37. The molecule has 0 heterocycles. The van der Waals surface area contributed by atoms with Crippen molar-refractivity contribution >= 4 is 29.1 Å². The normalized spacial score (nSPS) is 13.2. The van der Waals surface area contributed by atoms with Crippen LogP contribution in [-0.2, 0) is 11.2 Å². The minimum absolute atomic E-state index is 0.201. The number of benzene rings is 2. The summed E-state index contributed by atoms with van der Waals surface area (Å²) >= 11 is 12.1. The van der Waals surface area contributed by atoms with Crippen molar-refractivity contribution in [1.82, 2.24) is 5.32 Å². The first-order valence-electron chi connectivity index (χ1n) is 7.91. The maximum Gasteiger partial charge on any atom is 0.261 e. The second-order valence-electron chi connectivity index (χ2n) is 5.65. The molecule has 0 saturated heterocycles. The highest BCUT2D eigenvalue weighted by Gasteiger charge is 2.19. The summed E-state index contributed by atoms with van der Waals surface area (Å²) in [6, 6.07) is 12.7. The van der Waals surface area contributed by atoms with Gasteiger partial charge in [0.15, 0.2) is 6.10 Å². The smallest absolute Gasteiger partial charge is 0.261 e. The van der Waals surface area contributed by atoms with Gasteiger partial charge in [0.25, 0.3) is 5.91 Å². The molecule has 1 amide bonds. The monoisotopic (exact) mass is 365 g/mol. The summed E-state index contributed by atoms with van der Waals surface area (Å²) in [6.45, 7) is 5.68. The second-order valence-corrected chi connectivity index (χ2v) is 6.50. The van der Waals surface area contributed by atoms with E-state index in [0.717, 1.165) is 12.0 Å². The van der Waals surface area contributed by atoms with E-state index in [-0.39, 0.29) is 11.9 Å². The summed E-state index contributed by atoms with van der Waals surface area (Å²) in [6.07, 6.45) is 0.362. The van der Waals surface area contributed by atoms with Crippen molar-refractivity contribution in [2.45, 2.75) is 39.3 Å². The third-order valence-electron chi connectivity index (χ3n) is 3.80. The molecule has 0 bridgehead atoms. The lowest BCUT2D eigenvalue weighted by molar-refractivity contribution is -0.127. The standard InChI is InChI=1S/C19H21Cl2NO2/c1-4-14-5-8-16(9-6-14)24-13(3)19(23)22-12(2)17-10-7-15(20)11-18(17)21/h5-13H,4H2,1-3H3,(H,22,23)/t12-,13+/m1/s1. The van der Waals surface area contributed by atoms with Crippen molar-refractivity contribution in [3.05, 3.63) is 63.6 Å². The number of amides is 1. The molecule has 2 rings (SSSR count). The molecule has 0 radical (unpaired) electrons. The van der Waals surface area contributed by atoms with Gasteiger partial charge >= 0.3 is 0 Å². The van der Waals surface area contributed by atoms with E-state index in [1.807, 2.05) is 37.3 Å². The summed E-state index contributed by atoms with van der Waals surface area (Å²) in [5.74, 6) is 0.472. The molecule has 1 N–H and O–H groups in total. The van der Waals surface area contributed by atoms with Crippen LogP contribution in [0.3, 0.4) is 0 Å². The van der Waals surface area contributed by atoms with E-state index in [1.54, 1.807) is 19.1 Å². The molecule has 0 aliphatic heterocycles. The topological polar surface area (TPSA) is 38.3 Å². The number of aryl methyl sites for hydroxylation is 1. The molecule has 0 aliphatic rings. The molecule has 5 heteroatoms. The van der Waals surface area contributed by atoms with Gasteiger partial charge in [-0.2, -0.15) is 0 Å². The number of hydrogen-bond donors (Lipinski definition) is 1. The van der Waals surface area contributed by atoms with Crippen molar-refractivity contribution < 1.29 is 9.53 Å². The molecule has 0 spiro atoms. The van der Waals surface area contributed by atoms with E-state index in [2.05, 4.69) is 12.2 Å². The van der Waals surface area contributed by atoms with Crippen molar-refractivity contribution in [3.63, 3.8) is 0 Å². The Morgan fingerprint density at radius 1 is 1.12 bits per heavy atom. The molecule has 0 aromatic heterocycles. The van der Waals surface area contributed by atoms with Crippen LogP contribution < -0.4 is 10.1 Å². The van der Waals surface area contributed by atoms with Gasteiger partial charge in [0.1, 0.15) is 5.75 Å². The van der Waals surface area contributed by atoms with Crippen LogP contribution in [0.4, 0.5) is 0 Å². The predicted octanol–water partition coefficient (Wildman–Crippen LogP) is 5.20. The number of rotatable bonds is 6. The third-order valence-corrected chi connectivity index (χ3v) is 4.36. The molecule has 3 nitrogen and oxygen atoms in total. The van der Waals surface area contributed by atoms with Gasteiger partial charge in [-0.3, -0.25) is 4.79 Å². The lowest BCUT2D eigenvalue weighted by atomic mass is 10.1. The lowest BCUT2D eigenvalue weighted by Gasteiger charge is -2.20. The van der Waals surface area contributed by atoms with E-state index < -0.39 is 6.10 Å². The van der Waals surface area contributed by atoms with Gasteiger partial charge in [-0.05, 0) is 55.7 Å². The van der Waals surface area contributed by atoms with Crippen molar-refractivity contribution in [2.24, 2.45) is 0 Å². The van der Waals surface area contributed by atoms with Crippen LogP contribution >= 0.6 is 23.2 Å². The van der Waals surface area contributed by atoms with E-state index in [0.29, 0.717) is 15.8 Å². The second kappa shape index (κ2) is 8.41. The largest absolute Gasteiger partial charge is 0.481 e. The Hall–Kier alpha value is -1.71. The van der Waals surface area contributed by atoms with Crippen LogP contribution in [0.15, 0.2) is 42.5 Å². The molecule has 0 fully saturated rings. The summed E-state index contributed by atoms with van der Waals surface area (Å²) < 4.78 is 5.70. The predicted molar refractivity (Wildman–Crippen MR) is 98.9 cm³/mol. The van der Waals surface area contributed by atoms with Gasteiger partial charge in [-0.25, -0.2) is 0 Å². The number of carbonyl (C=O) groups excluding carboxylic acids is 1. The zero-order valence-electron chi connectivity index (χ0n) is 14.0. The number of carbonyl (C=O) groups is 1. The molecule has 128 valence electrons. The number of hydrogen-bond acceptors (Lipinski definition) is 2. The van der Waals surface area contributed by atoms with Crippen LogP contribution in [0.1, 0.15) is 37.9 Å². The third kappa shape index (κ3) is 4.89. The van der Waals surface area contributed by atoms with Crippen LogP contribution in [0, 0.1) is 0 Å². The Morgan fingerprint density at radius 2 is 1.79 bits per heavy atom. The molecule has 2 aromatic rings. The first-order valence-corrected chi connectivity index (χ1v) is 8.67. The van der Waals surface area contributed by atoms with Gasteiger partial charge in [-0.15, -0.1) is 0 Å². The highest BCUT2D eigenvalue weighted by Crippen LogP contribution is 2.26. The Labute approximate surface area is 152 Å². The van der Waals surface area contributed by atoms with Crippen molar-refractivity contribution in [2.75, 3.05) is 0 Å². The number of halogens is 2. The Morgan fingerprint density at radius 3 is 2.38 bits per heavy atom. The Bertz CT molecular complexity index is 701. The van der Waals surface area contributed by atoms with Crippen LogP contribution in [-0.4, -0.2) is 12.0 Å². The average Bonchev–Trinajstić information content (AvgIpc) is 2.55. The highest BCUT2D eigenvalue weighted by atomic mass is 35.5. The first kappa shape index (κ1) is 18.6. The van der Waals surface area contributed by atoms with Gasteiger partial charge in [-0.1, -0.05) is 48.3 Å². The summed E-state index contributed by atoms with van der Waals surface area (Å²) in [7, 11) is 0. The zero-order valence-corrected chi connectivity index (χ0v) is 15.5. The Balaban J connectivity index is 1.97. The quantitative estimate of drug-likeness (QED) is 0.763. The molecule has 2 atom stereocenters. The number of nitrogens with one attached hydrogen (secondary N) is 1. The fraction of sp³-hybridized carbons (Fsp3) is 0.316. The van der Waals surface area contributed by atoms with E-state index >= 15 is 0 Å². The number of ether oxygens (including phenoxy) is 1. The average molecular weight is 366 g/mol. The molecular formula is C19H21Cl2NO2. The Kier molecular flexibility index (Phi) is 6.52. The van der Waals surface area contributed by atoms with Gasteiger partial charge in [0, 0.05) is 10.0 Å². The maximum absolute atomic E-state index is 12.3. The molecule has 24 heavy (non-hydrogen) atoms. The van der Waals surface area contributed by atoms with E-state index in [4.69, 9.17) is 27.9 Å². The fourth-order valence-corrected chi connectivity index (χ4v) is 2.89. The molecular weight excluding hydrogens is 345 g/mol. The van der Waals surface area contributed by atoms with Crippen LogP contribution in [0.5, 0.6) is 5.75 Å². The SMILES string of the molecule is CCc1ccc(O[C@@H](C)C(=O)N[C@H](C)c2ccc(Cl)cc2Cl)cc1. The van der Waals surface area contributed by atoms with E-state index in [9.17, 15) is 4.79 Å². The van der Waals surface area contributed by atoms with Gasteiger partial charge in [0.2, 0.25) is 0 Å². The molecule has 0 unspecified atom stereocenters. The molecule has 2 aromatic carbocycles. The molecule has 0 saturated carbocycles. The first-order chi connectivity index (χ1) is 11.4. The summed E-state index contributed by atoms with van der Waals surface area (Å²) in [5.41, 5.74) is 2.04. The zero-order chi connectivity index (χ0) is 17.7. The van der Waals surface area contributed by atoms with Gasteiger partial charge < -0.3 is 10.1 Å². The van der Waals surface area contributed by atoms with Crippen LogP contribution in [0.2, 0.25) is 10.0 Å². The highest BCUT2D eigenvalue weighted by molar-refractivity contribution is 6.35. The van der Waals surface area contributed by atoms with Crippen LogP contribution in [0.25, 0.3) is 0 Å². The maximum atomic E-state index is 12.3. The van der Waals surface area contributed by atoms with E-state index in [1.165, 1.54) is 5.56 Å². The van der Waals surface area contributed by atoms with Crippen molar-refractivity contribution in [3.8, 4) is 5.75 Å². The summed E-state index contributed by atoms with van der Waals surface area (Å²) in [4.78, 5) is 12.3. The minimum Gasteiger partial charge on any atom is -0.481 e. The minimum atomic E-state index is -0.606.